The minimum Gasteiger partial charge on any atom is -0.385 e. The average molecular weight is 481 g/mol. The lowest BCUT2D eigenvalue weighted by Crippen LogP contribution is -2.52. The van der Waals surface area contributed by atoms with Gasteiger partial charge in [-0.05, 0) is 37.5 Å². The van der Waals surface area contributed by atoms with Gasteiger partial charge in [-0.3, -0.25) is 4.99 Å². The van der Waals surface area contributed by atoms with E-state index in [1.54, 1.807) is 7.11 Å². The van der Waals surface area contributed by atoms with E-state index < -0.39 is 0 Å². The van der Waals surface area contributed by atoms with E-state index in [9.17, 15) is 0 Å². The van der Waals surface area contributed by atoms with Crippen LogP contribution in [0.25, 0.3) is 0 Å². The summed E-state index contributed by atoms with van der Waals surface area (Å²) in [5.74, 6) is 1.01. The third-order valence-corrected chi connectivity index (χ3v) is 4.51. The fourth-order valence-corrected chi connectivity index (χ4v) is 3.11. The number of benzene rings is 1. The van der Waals surface area contributed by atoms with Crippen molar-refractivity contribution >= 4 is 47.2 Å². The van der Waals surface area contributed by atoms with Crippen molar-refractivity contribution in [1.29, 1.82) is 0 Å². The standard InChI is InChI=1S/C18H29ClN4O.HI/c1-20-18(21-9-4-3-5-14-24-2)23-12-10-22(11-13-23)17-8-6-7-16(19)15-17;/h6-8,15H,3-5,9-14H2,1-2H3,(H,20,21);1H. The van der Waals surface area contributed by atoms with Crippen molar-refractivity contribution < 1.29 is 4.74 Å². The Bertz CT molecular complexity index is 522. The molecule has 1 aliphatic heterocycles. The van der Waals surface area contributed by atoms with Crippen molar-refractivity contribution in [3.8, 4) is 0 Å². The molecule has 0 radical (unpaired) electrons. The van der Waals surface area contributed by atoms with Crippen molar-refractivity contribution in [3.63, 3.8) is 0 Å². The van der Waals surface area contributed by atoms with Gasteiger partial charge in [-0.15, -0.1) is 24.0 Å². The molecule has 1 aromatic rings. The summed E-state index contributed by atoms with van der Waals surface area (Å²) in [6.07, 6.45) is 3.44. The number of guanidine groups is 1. The molecule has 0 aromatic heterocycles. The SMILES string of the molecule is CN=C(NCCCCCOC)N1CCN(c2cccc(Cl)c2)CC1.I. The van der Waals surface area contributed by atoms with Crippen LogP contribution in [0.1, 0.15) is 19.3 Å². The lowest BCUT2D eigenvalue weighted by molar-refractivity contribution is 0.192. The van der Waals surface area contributed by atoms with Crippen LogP contribution in [0.2, 0.25) is 5.02 Å². The summed E-state index contributed by atoms with van der Waals surface area (Å²) in [4.78, 5) is 9.13. The molecule has 1 aliphatic rings. The van der Waals surface area contributed by atoms with Gasteiger partial charge in [-0.2, -0.15) is 0 Å². The number of aliphatic imine (C=N–C) groups is 1. The summed E-state index contributed by atoms with van der Waals surface area (Å²) in [6.45, 7) is 5.71. The first-order valence-electron chi connectivity index (χ1n) is 8.69. The number of hydrogen-bond donors (Lipinski definition) is 1. The Hall–Kier alpha value is -0.730. The molecule has 1 fully saturated rings. The molecule has 2 rings (SSSR count). The molecule has 0 aliphatic carbocycles. The molecule has 1 N–H and O–H groups in total. The topological polar surface area (TPSA) is 40.1 Å². The van der Waals surface area contributed by atoms with E-state index in [4.69, 9.17) is 16.3 Å². The number of hydrogen-bond acceptors (Lipinski definition) is 3. The molecule has 25 heavy (non-hydrogen) atoms. The van der Waals surface area contributed by atoms with Crippen molar-refractivity contribution in [2.45, 2.75) is 19.3 Å². The Balaban J connectivity index is 0.00000312. The maximum absolute atomic E-state index is 6.09. The van der Waals surface area contributed by atoms with Crippen LogP contribution in [0.4, 0.5) is 5.69 Å². The zero-order valence-electron chi connectivity index (χ0n) is 15.2. The highest BCUT2D eigenvalue weighted by atomic mass is 127. The Morgan fingerprint density at radius 3 is 2.60 bits per heavy atom. The van der Waals surface area contributed by atoms with Crippen LogP contribution in [0.3, 0.4) is 0 Å². The van der Waals surface area contributed by atoms with E-state index in [0.29, 0.717) is 0 Å². The first-order valence-corrected chi connectivity index (χ1v) is 9.07. The number of halogens is 2. The van der Waals surface area contributed by atoms with Gasteiger partial charge >= 0.3 is 0 Å². The van der Waals surface area contributed by atoms with E-state index >= 15 is 0 Å². The van der Waals surface area contributed by atoms with E-state index in [-0.39, 0.29) is 24.0 Å². The Labute approximate surface area is 173 Å². The Kier molecular flexibility index (Phi) is 11.2. The Morgan fingerprint density at radius 1 is 1.20 bits per heavy atom. The first-order chi connectivity index (χ1) is 11.7. The summed E-state index contributed by atoms with van der Waals surface area (Å²) >= 11 is 6.09. The van der Waals surface area contributed by atoms with Crippen LogP contribution < -0.4 is 10.2 Å². The quantitative estimate of drug-likeness (QED) is 0.281. The summed E-state index contributed by atoms with van der Waals surface area (Å²) in [7, 11) is 3.61. The molecule has 1 heterocycles. The highest BCUT2D eigenvalue weighted by Gasteiger charge is 2.19. The molecule has 0 bridgehead atoms. The number of nitrogens with zero attached hydrogens (tertiary/aromatic N) is 3. The van der Waals surface area contributed by atoms with Gasteiger partial charge in [0.25, 0.3) is 0 Å². The smallest absolute Gasteiger partial charge is 0.193 e. The van der Waals surface area contributed by atoms with Gasteiger partial charge in [0.15, 0.2) is 5.96 Å². The Morgan fingerprint density at radius 2 is 1.96 bits per heavy atom. The first kappa shape index (κ1) is 22.3. The average Bonchev–Trinajstić information content (AvgIpc) is 2.61. The molecule has 7 heteroatoms. The number of piperazine rings is 1. The zero-order valence-corrected chi connectivity index (χ0v) is 18.3. The molecule has 1 saturated heterocycles. The largest absolute Gasteiger partial charge is 0.385 e. The highest BCUT2D eigenvalue weighted by molar-refractivity contribution is 14.0. The van der Waals surface area contributed by atoms with Crippen LogP contribution in [0, 0.1) is 0 Å². The molecular weight excluding hydrogens is 451 g/mol. The van der Waals surface area contributed by atoms with Gasteiger partial charge in [-0.25, -0.2) is 0 Å². The van der Waals surface area contributed by atoms with Crippen LogP contribution in [-0.4, -0.2) is 64.3 Å². The number of ether oxygens (including phenoxy) is 1. The zero-order chi connectivity index (χ0) is 17.2. The van der Waals surface area contributed by atoms with Gasteiger partial charge < -0.3 is 19.9 Å². The number of methoxy groups -OCH3 is 1. The second-order valence-corrected chi connectivity index (χ2v) is 6.42. The van der Waals surface area contributed by atoms with Gasteiger partial charge in [0.2, 0.25) is 0 Å². The molecule has 1 aromatic carbocycles. The van der Waals surface area contributed by atoms with Crippen LogP contribution in [0.15, 0.2) is 29.3 Å². The molecule has 5 nitrogen and oxygen atoms in total. The fourth-order valence-electron chi connectivity index (χ4n) is 2.93. The van der Waals surface area contributed by atoms with Crippen molar-refractivity contribution in [3.05, 3.63) is 29.3 Å². The number of unbranched alkanes of at least 4 members (excludes halogenated alkanes) is 2. The number of nitrogens with one attached hydrogen (secondary N) is 1. The molecule has 0 saturated carbocycles. The van der Waals surface area contributed by atoms with E-state index in [1.165, 1.54) is 12.1 Å². The molecule has 0 atom stereocenters. The second kappa shape index (κ2) is 12.6. The monoisotopic (exact) mass is 480 g/mol. The van der Waals surface area contributed by atoms with Crippen molar-refractivity contribution in [2.24, 2.45) is 4.99 Å². The normalized spacial score (nSPS) is 15.1. The minimum absolute atomic E-state index is 0. The number of anilines is 1. The molecular formula is C18H30ClIN4O. The van der Waals surface area contributed by atoms with Crippen LogP contribution in [-0.2, 0) is 4.74 Å². The summed E-state index contributed by atoms with van der Waals surface area (Å²) < 4.78 is 5.07. The highest BCUT2D eigenvalue weighted by Crippen LogP contribution is 2.20. The maximum atomic E-state index is 6.09. The summed E-state index contributed by atoms with van der Waals surface area (Å²) in [5.41, 5.74) is 1.20. The minimum atomic E-state index is 0. The van der Waals surface area contributed by atoms with Gasteiger partial charge in [0.1, 0.15) is 0 Å². The predicted octanol–water partition coefficient (Wildman–Crippen LogP) is 3.47. The van der Waals surface area contributed by atoms with Crippen molar-refractivity contribution in [2.75, 3.05) is 58.4 Å². The van der Waals surface area contributed by atoms with Gasteiger partial charge in [-0.1, -0.05) is 17.7 Å². The third kappa shape index (κ3) is 7.58. The van der Waals surface area contributed by atoms with Crippen LogP contribution in [0.5, 0.6) is 0 Å². The summed E-state index contributed by atoms with van der Waals surface area (Å²) in [6, 6.07) is 8.08. The lowest BCUT2D eigenvalue weighted by atomic mass is 10.2. The predicted molar refractivity (Wildman–Crippen MR) is 118 cm³/mol. The molecule has 142 valence electrons. The summed E-state index contributed by atoms with van der Waals surface area (Å²) in [5, 5.41) is 4.27. The van der Waals surface area contributed by atoms with Gasteiger partial charge in [0.05, 0.1) is 0 Å². The molecule has 0 amide bonds. The van der Waals surface area contributed by atoms with E-state index in [1.807, 2.05) is 25.2 Å². The molecule has 0 spiro atoms. The van der Waals surface area contributed by atoms with Gasteiger partial charge in [0, 0.05) is 64.2 Å². The van der Waals surface area contributed by atoms with Crippen molar-refractivity contribution in [1.82, 2.24) is 10.2 Å². The maximum Gasteiger partial charge on any atom is 0.193 e. The third-order valence-electron chi connectivity index (χ3n) is 4.27. The van der Waals surface area contributed by atoms with Crippen LogP contribution >= 0.6 is 35.6 Å². The van der Waals surface area contributed by atoms with E-state index in [0.717, 1.165) is 63.2 Å². The number of rotatable bonds is 7. The second-order valence-electron chi connectivity index (χ2n) is 5.98. The fraction of sp³-hybridized carbons (Fsp3) is 0.611. The lowest BCUT2D eigenvalue weighted by Gasteiger charge is -2.37. The van der Waals surface area contributed by atoms with E-state index in [2.05, 4.69) is 26.2 Å². The molecule has 0 unspecified atom stereocenters.